The van der Waals surface area contributed by atoms with E-state index in [0.717, 1.165) is 10.5 Å². The quantitative estimate of drug-likeness (QED) is 0.848. The highest BCUT2D eigenvalue weighted by atomic mass is 32.2. The molecule has 1 N–H and O–H groups in total. The summed E-state index contributed by atoms with van der Waals surface area (Å²) in [5, 5.41) is 13.1. The summed E-state index contributed by atoms with van der Waals surface area (Å²) in [5.74, 6) is -0.956. The zero-order chi connectivity index (χ0) is 12.4. The van der Waals surface area contributed by atoms with Gasteiger partial charge in [-0.15, -0.1) is 11.8 Å². The van der Waals surface area contributed by atoms with Crippen LogP contribution in [0.2, 0.25) is 0 Å². The minimum atomic E-state index is -0.956. The van der Waals surface area contributed by atoms with Crippen LogP contribution in [0.25, 0.3) is 11.3 Å². The number of carbonyl (C=O) groups is 1. The van der Waals surface area contributed by atoms with Crippen LogP contribution in [0.4, 0.5) is 0 Å². The van der Waals surface area contributed by atoms with E-state index in [9.17, 15) is 4.79 Å². The summed E-state index contributed by atoms with van der Waals surface area (Å²) in [4.78, 5) is 12.2. The molecule has 5 heteroatoms. The van der Waals surface area contributed by atoms with Gasteiger partial charge >= 0.3 is 5.97 Å². The average molecular weight is 248 g/mol. The van der Waals surface area contributed by atoms with Crippen molar-refractivity contribution in [3.8, 4) is 11.3 Å². The van der Waals surface area contributed by atoms with Crippen molar-refractivity contribution in [3.63, 3.8) is 0 Å². The monoisotopic (exact) mass is 248 g/mol. The summed E-state index contributed by atoms with van der Waals surface area (Å²) < 4.78 is 1.58. The van der Waals surface area contributed by atoms with Gasteiger partial charge in [0.05, 0.1) is 11.9 Å². The Labute approximate surface area is 103 Å². The van der Waals surface area contributed by atoms with Crippen LogP contribution in [0.1, 0.15) is 10.4 Å². The third kappa shape index (κ3) is 2.19. The second kappa shape index (κ2) is 4.63. The van der Waals surface area contributed by atoms with Crippen LogP contribution >= 0.6 is 11.8 Å². The molecule has 2 aromatic rings. The van der Waals surface area contributed by atoms with Crippen LogP contribution in [0.15, 0.2) is 35.4 Å². The van der Waals surface area contributed by atoms with Gasteiger partial charge in [0.1, 0.15) is 5.56 Å². The Morgan fingerprint density at radius 1 is 1.35 bits per heavy atom. The van der Waals surface area contributed by atoms with Crippen LogP contribution in [0.3, 0.4) is 0 Å². The summed E-state index contributed by atoms with van der Waals surface area (Å²) >= 11 is 1.65. The lowest BCUT2D eigenvalue weighted by Gasteiger charge is -2.05. The molecule has 4 nitrogen and oxygen atoms in total. The Morgan fingerprint density at radius 3 is 2.53 bits per heavy atom. The number of hydrogen-bond acceptors (Lipinski definition) is 3. The third-order valence-electron chi connectivity index (χ3n) is 2.53. The van der Waals surface area contributed by atoms with Gasteiger partial charge in [-0.25, -0.2) is 4.79 Å². The zero-order valence-corrected chi connectivity index (χ0v) is 10.4. The van der Waals surface area contributed by atoms with Crippen molar-refractivity contribution in [2.45, 2.75) is 4.90 Å². The Morgan fingerprint density at radius 2 is 2.00 bits per heavy atom. The van der Waals surface area contributed by atoms with E-state index >= 15 is 0 Å². The van der Waals surface area contributed by atoms with E-state index in [1.54, 1.807) is 23.5 Å². The fourth-order valence-corrected chi connectivity index (χ4v) is 2.09. The minimum Gasteiger partial charge on any atom is -0.478 e. The van der Waals surface area contributed by atoms with Crippen LogP contribution in [-0.2, 0) is 7.05 Å². The van der Waals surface area contributed by atoms with Gasteiger partial charge in [-0.05, 0) is 18.4 Å². The lowest BCUT2D eigenvalue weighted by Crippen LogP contribution is -2.00. The Balaban J connectivity index is 2.51. The molecule has 2 rings (SSSR count). The van der Waals surface area contributed by atoms with E-state index in [1.165, 1.54) is 6.20 Å². The highest BCUT2D eigenvalue weighted by Gasteiger charge is 2.16. The third-order valence-corrected chi connectivity index (χ3v) is 3.28. The van der Waals surface area contributed by atoms with Gasteiger partial charge in [0, 0.05) is 17.5 Å². The van der Waals surface area contributed by atoms with Crippen molar-refractivity contribution in [2.24, 2.45) is 7.05 Å². The number of carboxylic acids is 1. The zero-order valence-electron chi connectivity index (χ0n) is 9.54. The molecule has 0 aliphatic rings. The van der Waals surface area contributed by atoms with Gasteiger partial charge in [-0.2, -0.15) is 5.10 Å². The smallest absolute Gasteiger partial charge is 0.339 e. The van der Waals surface area contributed by atoms with Crippen LogP contribution in [0, 0.1) is 0 Å². The number of thioether (sulfide) groups is 1. The molecule has 0 aliphatic carbocycles. The first kappa shape index (κ1) is 11.7. The topological polar surface area (TPSA) is 55.1 Å². The Bertz CT molecular complexity index is 546. The lowest BCUT2D eigenvalue weighted by atomic mass is 10.1. The average Bonchev–Trinajstić information content (AvgIpc) is 2.71. The van der Waals surface area contributed by atoms with Crippen molar-refractivity contribution in [2.75, 3.05) is 6.26 Å². The molecule has 0 spiro atoms. The summed E-state index contributed by atoms with van der Waals surface area (Å²) in [6.07, 6.45) is 3.38. The van der Waals surface area contributed by atoms with Gasteiger partial charge in [-0.1, -0.05) is 12.1 Å². The summed E-state index contributed by atoms with van der Waals surface area (Å²) in [6, 6.07) is 7.77. The molecule has 0 amide bonds. The standard InChI is InChI=1S/C12H12N2O2S/c1-14-11(10(7-13-14)12(15)16)8-3-5-9(17-2)6-4-8/h3-7H,1-2H3,(H,15,16). The first-order valence-electron chi connectivity index (χ1n) is 5.03. The Hall–Kier alpha value is -1.75. The number of hydrogen-bond donors (Lipinski definition) is 1. The molecular formula is C12H12N2O2S. The molecule has 88 valence electrons. The fourth-order valence-electron chi connectivity index (χ4n) is 1.69. The number of aromatic nitrogens is 2. The summed E-state index contributed by atoms with van der Waals surface area (Å²) in [7, 11) is 1.74. The van der Waals surface area contributed by atoms with E-state index < -0.39 is 5.97 Å². The molecule has 0 radical (unpaired) electrons. The molecule has 0 aliphatic heterocycles. The van der Waals surface area contributed by atoms with Crippen LogP contribution in [0.5, 0.6) is 0 Å². The first-order chi connectivity index (χ1) is 8.13. The molecule has 0 saturated heterocycles. The second-order valence-electron chi connectivity index (χ2n) is 3.56. The van der Waals surface area contributed by atoms with E-state index in [1.807, 2.05) is 30.5 Å². The van der Waals surface area contributed by atoms with Gasteiger partial charge in [0.15, 0.2) is 0 Å². The lowest BCUT2D eigenvalue weighted by molar-refractivity contribution is 0.0697. The number of nitrogens with zero attached hydrogens (tertiary/aromatic N) is 2. The van der Waals surface area contributed by atoms with E-state index in [2.05, 4.69) is 5.10 Å². The molecule has 0 bridgehead atoms. The molecule has 1 aromatic carbocycles. The van der Waals surface area contributed by atoms with Crippen molar-refractivity contribution in [1.29, 1.82) is 0 Å². The van der Waals surface area contributed by atoms with Crippen molar-refractivity contribution in [1.82, 2.24) is 9.78 Å². The number of benzene rings is 1. The van der Waals surface area contributed by atoms with Crippen LogP contribution < -0.4 is 0 Å². The van der Waals surface area contributed by atoms with Gasteiger partial charge in [0.2, 0.25) is 0 Å². The molecular weight excluding hydrogens is 236 g/mol. The number of aromatic carboxylic acids is 1. The molecule has 0 fully saturated rings. The predicted octanol–water partition coefficient (Wildman–Crippen LogP) is 2.51. The largest absolute Gasteiger partial charge is 0.478 e. The van der Waals surface area contributed by atoms with Gasteiger partial charge in [0.25, 0.3) is 0 Å². The first-order valence-corrected chi connectivity index (χ1v) is 6.25. The van der Waals surface area contributed by atoms with E-state index in [-0.39, 0.29) is 5.56 Å². The fraction of sp³-hybridized carbons (Fsp3) is 0.167. The molecule has 1 aromatic heterocycles. The molecule has 0 atom stereocenters. The van der Waals surface area contributed by atoms with Crippen molar-refractivity contribution in [3.05, 3.63) is 36.0 Å². The maximum absolute atomic E-state index is 11.1. The summed E-state index contributed by atoms with van der Waals surface area (Å²) in [6.45, 7) is 0. The molecule has 17 heavy (non-hydrogen) atoms. The Kier molecular flexibility index (Phi) is 3.19. The van der Waals surface area contributed by atoms with Crippen molar-refractivity contribution < 1.29 is 9.90 Å². The van der Waals surface area contributed by atoms with Gasteiger partial charge in [-0.3, -0.25) is 4.68 Å². The van der Waals surface area contributed by atoms with Crippen molar-refractivity contribution >= 4 is 17.7 Å². The molecule has 0 unspecified atom stereocenters. The number of rotatable bonds is 3. The number of aryl methyl sites for hydroxylation is 1. The maximum Gasteiger partial charge on any atom is 0.339 e. The SMILES string of the molecule is CSc1ccc(-c2c(C(=O)O)cnn2C)cc1. The van der Waals surface area contributed by atoms with Gasteiger partial charge < -0.3 is 5.11 Å². The maximum atomic E-state index is 11.1. The highest BCUT2D eigenvalue weighted by Crippen LogP contribution is 2.25. The summed E-state index contributed by atoms with van der Waals surface area (Å²) in [5.41, 5.74) is 1.72. The van der Waals surface area contributed by atoms with E-state index in [4.69, 9.17) is 5.11 Å². The molecule has 1 heterocycles. The normalized spacial score (nSPS) is 10.5. The minimum absolute atomic E-state index is 0.226. The second-order valence-corrected chi connectivity index (χ2v) is 4.44. The van der Waals surface area contributed by atoms with E-state index in [0.29, 0.717) is 5.69 Å². The highest BCUT2D eigenvalue weighted by molar-refractivity contribution is 7.98. The van der Waals surface area contributed by atoms with Crippen LogP contribution in [-0.4, -0.2) is 27.1 Å². The predicted molar refractivity (Wildman–Crippen MR) is 67.4 cm³/mol. The molecule has 0 saturated carbocycles. The number of carboxylic acid groups (broad SMARTS) is 1.